The van der Waals surface area contributed by atoms with Gasteiger partial charge in [-0.15, -0.1) is 0 Å². The maximum absolute atomic E-state index is 5.54. The molecule has 0 aliphatic rings. The van der Waals surface area contributed by atoms with Gasteiger partial charge in [-0.25, -0.2) is 0 Å². The normalized spacial score (nSPS) is 10.1. The third kappa shape index (κ3) is 16.4. The first-order valence-electron chi connectivity index (χ1n) is 7.07. The number of hydrogen-bond donors (Lipinski definition) is 0. The average Bonchev–Trinajstić information content (AvgIpc) is 2.31. The smallest absolute Gasteiger partial charge is 0.0478 e. The molecule has 0 amide bonds. The Morgan fingerprint density at radius 3 is 2.00 bits per heavy atom. The molecule has 0 aliphatic carbocycles. The van der Waals surface area contributed by atoms with Crippen molar-refractivity contribution in [2.75, 3.05) is 33.4 Å². The van der Waals surface area contributed by atoms with Crippen LogP contribution in [0.5, 0.6) is 0 Å². The van der Waals surface area contributed by atoms with Crippen LogP contribution in [0.1, 0.15) is 59.8 Å². The largest absolute Gasteiger partial charge is 0.381 e. The maximum atomic E-state index is 5.54. The highest BCUT2D eigenvalue weighted by Gasteiger charge is 1.95. The Labute approximate surface area is 103 Å². The molecular formula is C14H33NO. The molecule has 0 aromatic heterocycles. The molecule has 0 aliphatic heterocycles. The van der Waals surface area contributed by atoms with Gasteiger partial charge in [-0.1, -0.05) is 40.5 Å². The third-order valence-electron chi connectivity index (χ3n) is 2.33. The Hall–Kier alpha value is -0.0800. The highest BCUT2D eigenvalue weighted by molar-refractivity contribution is 4.49. The van der Waals surface area contributed by atoms with Crippen LogP contribution in [0.4, 0.5) is 0 Å². The summed E-state index contributed by atoms with van der Waals surface area (Å²) < 4.78 is 5.54. The SMILES string of the molecule is CC.CCCCCOCCCN(C)CCC. The van der Waals surface area contributed by atoms with Gasteiger partial charge in [0.05, 0.1) is 0 Å². The fourth-order valence-electron chi connectivity index (χ4n) is 1.49. The zero-order chi connectivity index (χ0) is 12.6. The van der Waals surface area contributed by atoms with Crippen LogP contribution < -0.4 is 0 Å². The molecule has 0 rings (SSSR count). The van der Waals surface area contributed by atoms with Crippen molar-refractivity contribution < 1.29 is 4.74 Å². The molecule has 16 heavy (non-hydrogen) atoms. The van der Waals surface area contributed by atoms with Crippen LogP contribution in [0.2, 0.25) is 0 Å². The highest BCUT2D eigenvalue weighted by atomic mass is 16.5. The summed E-state index contributed by atoms with van der Waals surface area (Å²) in [7, 11) is 2.18. The first kappa shape index (κ1) is 18.3. The highest BCUT2D eigenvalue weighted by Crippen LogP contribution is 1.95. The summed E-state index contributed by atoms with van der Waals surface area (Å²) in [6, 6.07) is 0. The van der Waals surface area contributed by atoms with Crippen molar-refractivity contribution >= 4 is 0 Å². The number of ether oxygens (including phenoxy) is 1. The van der Waals surface area contributed by atoms with Gasteiger partial charge in [0.1, 0.15) is 0 Å². The van der Waals surface area contributed by atoms with Gasteiger partial charge in [0.2, 0.25) is 0 Å². The Morgan fingerprint density at radius 1 is 0.812 bits per heavy atom. The van der Waals surface area contributed by atoms with E-state index in [0.29, 0.717) is 0 Å². The zero-order valence-electron chi connectivity index (χ0n) is 12.2. The van der Waals surface area contributed by atoms with Crippen LogP contribution in [-0.2, 0) is 4.74 Å². The lowest BCUT2D eigenvalue weighted by atomic mass is 10.3. The number of rotatable bonds is 10. The van der Waals surface area contributed by atoms with Gasteiger partial charge in [-0.2, -0.15) is 0 Å². The predicted molar refractivity (Wildman–Crippen MR) is 74.1 cm³/mol. The average molecular weight is 231 g/mol. The van der Waals surface area contributed by atoms with E-state index in [1.165, 1.54) is 45.2 Å². The maximum Gasteiger partial charge on any atom is 0.0478 e. The molecule has 0 saturated heterocycles. The Morgan fingerprint density at radius 2 is 1.44 bits per heavy atom. The van der Waals surface area contributed by atoms with Crippen molar-refractivity contribution in [3.05, 3.63) is 0 Å². The van der Waals surface area contributed by atoms with Crippen LogP contribution in [0.3, 0.4) is 0 Å². The molecule has 0 N–H and O–H groups in total. The molecule has 0 saturated carbocycles. The quantitative estimate of drug-likeness (QED) is 0.528. The Kier molecular flexibility index (Phi) is 19.8. The van der Waals surface area contributed by atoms with Crippen LogP contribution in [0.15, 0.2) is 0 Å². The second-order valence-electron chi connectivity index (χ2n) is 3.98. The van der Waals surface area contributed by atoms with Gasteiger partial charge in [0.15, 0.2) is 0 Å². The number of hydrogen-bond acceptors (Lipinski definition) is 2. The van der Waals surface area contributed by atoms with Crippen molar-refractivity contribution in [3.8, 4) is 0 Å². The lowest BCUT2D eigenvalue weighted by Gasteiger charge is -2.14. The predicted octanol–water partition coefficient (Wildman–Crippen LogP) is 3.95. The molecule has 0 aromatic rings. The van der Waals surface area contributed by atoms with Crippen LogP contribution in [0.25, 0.3) is 0 Å². The third-order valence-corrected chi connectivity index (χ3v) is 2.33. The first-order valence-corrected chi connectivity index (χ1v) is 7.07. The van der Waals surface area contributed by atoms with Crippen molar-refractivity contribution in [1.29, 1.82) is 0 Å². The monoisotopic (exact) mass is 231 g/mol. The van der Waals surface area contributed by atoms with Crippen molar-refractivity contribution in [1.82, 2.24) is 4.90 Å². The second kappa shape index (κ2) is 17.3. The lowest BCUT2D eigenvalue weighted by molar-refractivity contribution is 0.120. The van der Waals surface area contributed by atoms with E-state index in [0.717, 1.165) is 13.2 Å². The molecule has 0 heterocycles. The summed E-state index contributed by atoms with van der Waals surface area (Å²) in [6.45, 7) is 12.7. The minimum atomic E-state index is 0.928. The summed E-state index contributed by atoms with van der Waals surface area (Å²) in [6.07, 6.45) is 6.22. The van der Waals surface area contributed by atoms with Gasteiger partial charge < -0.3 is 9.64 Å². The molecule has 0 radical (unpaired) electrons. The van der Waals surface area contributed by atoms with E-state index in [4.69, 9.17) is 4.74 Å². The van der Waals surface area contributed by atoms with Crippen LogP contribution in [0, 0.1) is 0 Å². The Balaban J connectivity index is 0. The van der Waals surface area contributed by atoms with Gasteiger partial charge in [-0.3, -0.25) is 0 Å². The van der Waals surface area contributed by atoms with E-state index >= 15 is 0 Å². The standard InChI is InChI=1S/C12H27NO.C2H6/c1-4-6-7-11-14-12-8-10-13(3)9-5-2;1-2/h4-12H2,1-3H3;1-2H3. The summed E-state index contributed by atoms with van der Waals surface area (Å²) in [5.41, 5.74) is 0. The van der Waals surface area contributed by atoms with E-state index < -0.39 is 0 Å². The topological polar surface area (TPSA) is 12.5 Å². The molecule has 0 bridgehead atoms. The summed E-state index contributed by atoms with van der Waals surface area (Å²) >= 11 is 0. The van der Waals surface area contributed by atoms with Gasteiger partial charge in [0.25, 0.3) is 0 Å². The summed E-state index contributed by atoms with van der Waals surface area (Å²) in [4.78, 5) is 2.37. The van der Waals surface area contributed by atoms with E-state index in [1.54, 1.807) is 0 Å². The summed E-state index contributed by atoms with van der Waals surface area (Å²) in [5.74, 6) is 0. The zero-order valence-corrected chi connectivity index (χ0v) is 12.2. The van der Waals surface area contributed by atoms with Gasteiger partial charge in [0, 0.05) is 19.8 Å². The summed E-state index contributed by atoms with van der Waals surface area (Å²) in [5, 5.41) is 0. The molecule has 2 heteroatoms. The van der Waals surface area contributed by atoms with E-state index in [2.05, 4.69) is 25.8 Å². The van der Waals surface area contributed by atoms with Crippen LogP contribution in [-0.4, -0.2) is 38.3 Å². The first-order chi connectivity index (χ1) is 7.81. The number of unbranched alkanes of at least 4 members (excludes halogenated alkanes) is 2. The molecular weight excluding hydrogens is 198 g/mol. The molecule has 0 atom stereocenters. The molecule has 0 unspecified atom stereocenters. The molecule has 2 nitrogen and oxygen atoms in total. The molecule has 0 aromatic carbocycles. The minimum absolute atomic E-state index is 0.928. The minimum Gasteiger partial charge on any atom is -0.381 e. The van der Waals surface area contributed by atoms with E-state index in [9.17, 15) is 0 Å². The molecule has 0 spiro atoms. The van der Waals surface area contributed by atoms with Crippen molar-refractivity contribution in [2.45, 2.75) is 59.8 Å². The van der Waals surface area contributed by atoms with Gasteiger partial charge in [-0.05, 0) is 32.9 Å². The van der Waals surface area contributed by atoms with Crippen LogP contribution >= 0.6 is 0 Å². The molecule has 100 valence electrons. The number of nitrogens with zero attached hydrogens (tertiary/aromatic N) is 1. The second-order valence-corrected chi connectivity index (χ2v) is 3.98. The fourth-order valence-corrected chi connectivity index (χ4v) is 1.49. The van der Waals surface area contributed by atoms with Crippen molar-refractivity contribution in [3.63, 3.8) is 0 Å². The van der Waals surface area contributed by atoms with E-state index in [1.807, 2.05) is 13.8 Å². The van der Waals surface area contributed by atoms with E-state index in [-0.39, 0.29) is 0 Å². The Bertz CT molecular complexity index is 107. The lowest BCUT2D eigenvalue weighted by Crippen LogP contribution is -2.21. The van der Waals surface area contributed by atoms with Crippen molar-refractivity contribution in [2.24, 2.45) is 0 Å². The fraction of sp³-hybridized carbons (Fsp3) is 1.00. The van der Waals surface area contributed by atoms with Gasteiger partial charge >= 0.3 is 0 Å². The molecule has 0 fully saturated rings.